The molecular weight excluding hydrogens is 178 g/mol. The molecule has 0 aromatic carbocycles. The zero-order chi connectivity index (χ0) is 9.11. The first-order valence-electron chi connectivity index (χ1n) is 3.70. The van der Waals surface area contributed by atoms with Crippen molar-refractivity contribution in [3.8, 4) is 0 Å². The van der Waals surface area contributed by atoms with E-state index in [1.165, 1.54) is 6.92 Å². The minimum Gasteiger partial charge on any atom is -0.412 e. The van der Waals surface area contributed by atoms with Gasteiger partial charge in [0, 0.05) is 20.1 Å². The summed E-state index contributed by atoms with van der Waals surface area (Å²) >= 11 is 0. The summed E-state index contributed by atoms with van der Waals surface area (Å²) in [5.74, 6) is -0.304. The number of aliphatic hydroxyl groups excluding tert-OH is 1. The Morgan fingerprint density at radius 2 is 1.77 bits per heavy atom. The number of carbonyl (C=O) groups excluding carboxylic acids is 1. The normalized spacial score (nSPS) is 6.77. The van der Waals surface area contributed by atoms with Gasteiger partial charge in [0.25, 0.3) is 0 Å². The highest BCUT2D eigenvalue weighted by molar-refractivity contribution is 5.65. The molecule has 0 aliphatic rings. The molecule has 0 radical (unpaired) electrons. The average Bonchev–Trinajstić information content (AvgIpc) is 2.01. The molecule has 13 heavy (non-hydrogen) atoms. The highest BCUT2D eigenvalue weighted by Crippen LogP contribution is 1.64. The van der Waals surface area contributed by atoms with E-state index in [1.807, 2.05) is 13.8 Å². The monoisotopic (exact) mass is 199 g/mol. The van der Waals surface area contributed by atoms with Crippen LogP contribution in [-0.4, -0.2) is 35.2 Å². The Bertz CT molecular complexity index is 87.0. The summed E-state index contributed by atoms with van der Waals surface area (Å²) in [6.07, 6.45) is 0.875. The third-order valence-electron chi connectivity index (χ3n) is 0.584. The first-order chi connectivity index (χ1) is 5.18. The number of hydroxylamine groups is 1. The average molecular weight is 199 g/mol. The van der Waals surface area contributed by atoms with Gasteiger partial charge in [-0.15, -0.1) is 0 Å². The maximum atomic E-state index is 9.92. The Kier molecular flexibility index (Phi) is 39.5. The standard InChI is InChI=1S/C4H9NO2.C3H8O.2H2O/c1-3-5-7-4(2)6;1-2-3-4;;/h5H,3H2,1-2H3;4H,2-3H2,1H3;2*1H2. The van der Waals surface area contributed by atoms with Crippen LogP contribution in [0.1, 0.15) is 27.2 Å². The fourth-order valence-corrected chi connectivity index (χ4v) is 0.174. The first kappa shape index (κ1) is 22.8. The second-order valence-electron chi connectivity index (χ2n) is 1.82. The molecule has 0 fully saturated rings. The lowest BCUT2D eigenvalue weighted by molar-refractivity contribution is -0.148. The van der Waals surface area contributed by atoms with Crippen LogP contribution in [0.2, 0.25) is 0 Å². The highest BCUT2D eigenvalue weighted by Gasteiger charge is 1.84. The molecule has 0 unspecified atom stereocenters. The minimum atomic E-state index is -0.304. The topological polar surface area (TPSA) is 122 Å². The summed E-state index contributed by atoms with van der Waals surface area (Å²) in [6.45, 7) is 6.10. The van der Waals surface area contributed by atoms with Crippen molar-refractivity contribution < 1.29 is 25.7 Å². The summed E-state index contributed by atoms with van der Waals surface area (Å²) in [5, 5.41) is 7.88. The lowest BCUT2D eigenvalue weighted by atomic mass is 10.5. The predicted octanol–water partition coefficient (Wildman–Crippen LogP) is -1.19. The van der Waals surface area contributed by atoms with Gasteiger partial charge in [0.15, 0.2) is 0 Å². The Balaban J connectivity index is -0.0000000600. The molecule has 0 aliphatic carbocycles. The zero-order valence-corrected chi connectivity index (χ0v) is 8.39. The summed E-state index contributed by atoms with van der Waals surface area (Å²) in [6, 6.07) is 0. The van der Waals surface area contributed by atoms with Crippen LogP contribution in [0, 0.1) is 0 Å². The number of rotatable bonds is 3. The van der Waals surface area contributed by atoms with E-state index in [2.05, 4.69) is 10.3 Å². The van der Waals surface area contributed by atoms with Crippen LogP contribution >= 0.6 is 0 Å². The molecule has 0 atom stereocenters. The summed E-state index contributed by atoms with van der Waals surface area (Å²) in [5.41, 5.74) is 2.40. The SMILES string of the molecule is CCCO.CCNOC(C)=O.O.O. The Morgan fingerprint density at radius 1 is 1.38 bits per heavy atom. The molecular formula is C7H21NO5. The maximum absolute atomic E-state index is 9.92. The van der Waals surface area contributed by atoms with E-state index >= 15 is 0 Å². The van der Waals surface area contributed by atoms with E-state index in [0.717, 1.165) is 6.42 Å². The van der Waals surface area contributed by atoms with Gasteiger partial charge in [0.1, 0.15) is 0 Å². The fourth-order valence-electron chi connectivity index (χ4n) is 0.174. The number of carbonyl (C=O) groups is 1. The third-order valence-corrected chi connectivity index (χ3v) is 0.584. The van der Waals surface area contributed by atoms with Crippen molar-refractivity contribution in [3.05, 3.63) is 0 Å². The second kappa shape index (κ2) is 22.5. The lowest BCUT2D eigenvalue weighted by Gasteiger charge is -1.95. The van der Waals surface area contributed by atoms with Crippen molar-refractivity contribution in [2.45, 2.75) is 27.2 Å². The molecule has 6 heteroatoms. The highest BCUT2D eigenvalue weighted by atomic mass is 16.7. The number of aliphatic hydroxyl groups is 1. The van der Waals surface area contributed by atoms with Gasteiger partial charge in [-0.25, -0.2) is 0 Å². The Labute approximate surface area is 78.5 Å². The van der Waals surface area contributed by atoms with E-state index < -0.39 is 0 Å². The van der Waals surface area contributed by atoms with E-state index in [1.54, 1.807) is 0 Å². The second-order valence-corrected chi connectivity index (χ2v) is 1.82. The molecule has 0 spiro atoms. The van der Waals surface area contributed by atoms with Crippen LogP contribution in [-0.2, 0) is 9.63 Å². The van der Waals surface area contributed by atoms with Gasteiger partial charge in [-0.2, -0.15) is 5.48 Å². The fraction of sp³-hybridized carbons (Fsp3) is 0.857. The van der Waals surface area contributed by atoms with Crippen molar-refractivity contribution in [2.75, 3.05) is 13.2 Å². The van der Waals surface area contributed by atoms with Crippen molar-refractivity contribution in [1.82, 2.24) is 5.48 Å². The first-order valence-corrected chi connectivity index (χ1v) is 3.70. The molecule has 0 bridgehead atoms. The molecule has 0 saturated heterocycles. The van der Waals surface area contributed by atoms with Gasteiger partial charge < -0.3 is 20.9 Å². The van der Waals surface area contributed by atoms with Crippen LogP contribution in [0.25, 0.3) is 0 Å². The molecule has 6 N–H and O–H groups in total. The largest absolute Gasteiger partial charge is 0.412 e. The van der Waals surface area contributed by atoms with E-state index in [0.29, 0.717) is 13.2 Å². The van der Waals surface area contributed by atoms with Gasteiger partial charge in [0.2, 0.25) is 0 Å². The molecule has 0 aromatic heterocycles. The zero-order valence-electron chi connectivity index (χ0n) is 8.39. The van der Waals surface area contributed by atoms with Crippen LogP contribution in [0.15, 0.2) is 0 Å². The number of nitrogens with one attached hydrogen (secondary N) is 1. The molecule has 0 saturated carbocycles. The van der Waals surface area contributed by atoms with Gasteiger partial charge in [-0.05, 0) is 13.3 Å². The summed E-state index contributed by atoms with van der Waals surface area (Å²) in [7, 11) is 0. The molecule has 0 rings (SSSR count). The van der Waals surface area contributed by atoms with Crippen LogP contribution < -0.4 is 5.48 Å². The van der Waals surface area contributed by atoms with Gasteiger partial charge >= 0.3 is 5.97 Å². The minimum absolute atomic E-state index is 0. The predicted molar refractivity (Wildman–Crippen MR) is 50.0 cm³/mol. The van der Waals surface area contributed by atoms with E-state index in [-0.39, 0.29) is 16.9 Å². The van der Waals surface area contributed by atoms with Gasteiger partial charge in [-0.3, -0.25) is 4.79 Å². The quantitative estimate of drug-likeness (QED) is 0.555. The maximum Gasteiger partial charge on any atom is 0.321 e. The third kappa shape index (κ3) is 52.8. The molecule has 0 aromatic rings. The Morgan fingerprint density at radius 3 is 1.85 bits per heavy atom. The summed E-state index contributed by atoms with van der Waals surface area (Å²) in [4.78, 5) is 14.2. The molecule has 0 heterocycles. The number of hydrogen-bond donors (Lipinski definition) is 2. The smallest absolute Gasteiger partial charge is 0.321 e. The lowest BCUT2D eigenvalue weighted by Crippen LogP contribution is -2.16. The van der Waals surface area contributed by atoms with E-state index in [9.17, 15) is 4.79 Å². The molecule has 0 amide bonds. The number of hydrogen-bond acceptors (Lipinski definition) is 4. The molecule has 6 nitrogen and oxygen atoms in total. The van der Waals surface area contributed by atoms with Crippen LogP contribution in [0.3, 0.4) is 0 Å². The van der Waals surface area contributed by atoms with Gasteiger partial charge in [-0.1, -0.05) is 6.92 Å². The Hall–Kier alpha value is -0.690. The van der Waals surface area contributed by atoms with Crippen LogP contribution in [0.4, 0.5) is 0 Å². The summed E-state index contributed by atoms with van der Waals surface area (Å²) < 4.78 is 0. The van der Waals surface area contributed by atoms with Crippen LogP contribution in [0.5, 0.6) is 0 Å². The van der Waals surface area contributed by atoms with Crippen molar-refractivity contribution in [2.24, 2.45) is 0 Å². The van der Waals surface area contributed by atoms with Crippen molar-refractivity contribution in [3.63, 3.8) is 0 Å². The van der Waals surface area contributed by atoms with Crippen molar-refractivity contribution >= 4 is 5.97 Å². The molecule has 0 aliphatic heterocycles. The molecule has 84 valence electrons. The van der Waals surface area contributed by atoms with Crippen molar-refractivity contribution in [1.29, 1.82) is 0 Å². The van der Waals surface area contributed by atoms with Gasteiger partial charge in [0.05, 0.1) is 0 Å². The van der Waals surface area contributed by atoms with E-state index in [4.69, 9.17) is 5.11 Å².